The van der Waals surface area contributed by atoms with Gasteiger partial charge in [0.1, 0.15) is 5.52 Å². The molecule has 5 rings (SSSR count). The van der Waals surface area contributed by atoms with E-state index in [-0.39, 0.29) is 6.61 Å². The lowest BCUT2D eigenvalue weighted by Crippen LogP contribution is -2.34. The molecule has 1 saturated heterocycles. The van der Waals surface area contributed by atoms with E-state index in [0.717, 1.165) is 58.7 Å². The maximum Gasteiger partial charge on any atom is 0.240 e. The second-order valence-corrected chi connectivity index (χ2v) is 9.30. The van der Waals surface area contributed by atoms with Crippen LogP contribution in [-0.2, 0) is 6.61 Å². The molecule has 0 spiro atoms. The molecule has 7 heteroatoms. The molecule has 35 heavy (non-hydrogen) atoms. The smallest absolute Gasteiger partial charge is 0.240 e. The predicted octanol–water partition coefficient (Wildman–Crippen LogP) is 5.14. The molecule has 0 bridgehead atoms. The third-order valence-electron chi connectivity index (χ3n) is 6.78. The van der Waals surface area contributed by atoms with Crippen molar-refractivity contribution in [1.29, 1.82) is 0 Å². The van der Waals surface area contributed by atoms with Crippen LogP contribution in [0.5, 0.6) is 5.88 Å². The number of nitrogens with zero attached hydrogens (tertiary/aromatic N) is 5. The molecule has 0 unspecified atom stereocenters. The minimum atomic E-state index is -0.0355. The summed E-state index contributed by atoms with van der Waals surface area (Å²) in [5.41, 5.74) is 6.71. The topological polar surface area (TPSA) is 67.2 Å². The van der Waals surface area contributed by atoms with Crippen LogP contribution in [0.15, 0.2) is 55.0 Å². The second-order valence-electron chi connectivity index (χ2n) is 9.30. The molecule has 1 atom stereocenters. The number of likely N-dealkylation sites (tertiary alicyclic amines) is 1. The van der Waals surface area contributed by atoms with E-state index in [1.807, 2.05) is 41.7 Å². The third-order valence-corrected chi connectivity index (χ3v) is 6.78. The van der Waals surface area contributed by atoms with Crippen molar-refractivity contribution in [2.45, 2.75) is 26.4 Å². The van der Waals surface area contributed by atoms with E-state index in [1.165, 1.54) is 6.42 Å². The van der Waals surface area contributed by atoms with Gasteiger partial charge < -0.3 is 14.7 Å². The van der Waals surface area contributed by atoms with Crippen LogP contribution in [0.25, 0.3) is 32.9 Å². The predicted molar refractivity (Wildman–Crippen MR) is 136 cm³/mol. The van der Waals surface area contributed by atoms with Gasteiger partial charge in [-0.15, -0.1) is 0 Å². The van der Waals surface area contributed by atoms with Crippen LogP contribution in [0.2, 0.25) is 0 Å². The number of aryl methyl sites for hydroxylation is 1. The zero-order valence-electron chi connectivity index (χ0n) is 20.1. The van der Waals surface area contributed by atoms with Crippen LogP contribution in [0.1, 0.15) is 24.0 Å². The van der Waals surface area contributed by atoms with Crippen LogP contribution >= 0.6 is 0 Å². The lowest BCUT2D eigenvalue weighted by molar-refractivity contribution is 0.148. The van der Waals surface area contributed by atoms with Crippen molar-refractivity contribution in [1.82, 2.24) is 19.3 Å². The molecule has 178 valence electrons. The molecular weight excluding hydrogens is 438 g/mol. The fourth-order valence-corrected chi connectivity index (χ4v) is 4.83. The van der Waals surface area contributed by atoms with Crippen LogP contribution in [0.3, 0.4) is 0 Å². The second kappa shape index (κ2) is 9.87. The van der Waals surface area contributed by atoms with E-state index in [9.17, 15) is 5.11 Å². The maximum atomic E-state index is 9.88. The minimum Gasteiger partial charge on any atom is -0.476 e. The van der Waals surface area contributed by atoms with Crippen LogP contribution in [0.4, 0.5) is 5.69 Å². The Balaban J connectivity index is 1.64. The lowest BCUT2D eigenvalue weighted by atomic mass is 9.99. The van der Waals surface area contributed by atoms with Gasteiger partial charge in [0.05, 0.1) is 43.7 Å². The summed E-state index contributed by atoms with van der Waals surface area (Å²) in [7, 11) is 2.15. The summed E-state index contributed by atoms with van der Waals surface area (Å²) in [6.45, 7) is 12.0. The zero-order chi connectivity index (χ0) is 24.4. The Morgan fingerprint density at radius 2 is 1.97 bits per heavy atom. The quantitative estimate of drug-likeness (QED) is 0.398. The maximum absolute atomic E-state index is 9.88. The molecule has 7 nitrogen and oxygen atoms in total. The Hall–Kier alpha value is -3.73. The van der Waals surface area contributed by atoms with Gasteiger partial charge in [0.25, 0.3) is 0 Å². The number of fused-ring (bicyclic) bond motifs is 1. The van der Waals surface area contributed by atoms with Gasteiger partial charge in [-0.3, -0.25) is 4.40 Å². The minimum absolute atomic E-state index is 0.0355. The van der Waals surface area contributed by atoms with Crippen molar-refractivity contribution >= 4 is 11.2 Å². The number of piperidine rings is 1. The van der Waals surface area contributed by atoms with Gasteiger partial charge in [0, 0.05) is 18.0 Å². The van der Waals surface area contributed by atoms with Crippen molar-refractivity contribution in [2.75, 3.05) is 26.7 Å². The van der Waals surface area contributed by atoms with Crippen molar-refractivity contribution in [3.8, 4) is 28.4 Å². The van der Waals surface area contributed by atoms with E-state index < -0.39 is 0 Å². The number of hydrogen-bond donors (Lipinski definition) is 1. The third kappa shape index (κ3) is 4.63. The highest BCUT2D eigenvalue weighted by Gasteiger charge is 2.22. The van der Waals surface area contributed by atoms with Crippen LogP contribution in [-0.4, -0.2) is 51.1 Å². The first-order valence-electron chi connectivity index (χ1n) is 11.9. The number of aromatic nitrogens is 3. The Bertz CT molecular complexity index is 1390. The van der Waals surface area contributed by atoms with Gasteiger partial charge in [-0.25, -0.2) is 14.8 Å². The lowest BCUT2D eigenvalue weighted by Gasteiger charge is -2.29. The summed E-state index contributed by atoms with van der Waals surface area (Å²) in [5.74, 6) is 1.02. The first-order valence-corrected chi connectivity index (χ1v) is 11.9. The largest absolute Gasteiger partial charge is 0.476 e. The Morgan fingerprint density at radius 3 is 2.71 bits per heavy atom. The highest BCUT2D eigenvalue weighted by Crippen LogP contribution is 2.36. The van der Waals surface area contributed by atoms with E-state index in [2.05, 4.69) is 21.8 Å². The molecule has 3 heterocycles. The van der Waals surface area contributed by atoms with Gasteiger partial charge in [0.15, 0.2) is 5.69 Å². The number of aliphatic hydroxyl groups is 1. The molecule has 2 aromatic heterocycles. The Kier molecular flexibility index (Phi) is 6.49. The summed E-state index contributed by atoms with van der Waals surface area (Å²) in [6.07, 6.45) is 5.89. The standard InChI is InChI=1S/C28H29N5O2/c1-19-6-7-22(13-23(19)16-34)27-26(21-8-10-24(29-2)11-9-21)31-28(25-14-30-18-33(25)27)35-17-20-5-4-12-32(3)15-20/h6-11,13-14,18,20,34H,4-5,12,15-17H2,1,3H3/t20-/m1/s1. The molecule has 4 aromatic rings. The average molecular weight is 468 g/mol. The summed E-state index contributed by atoms with van der Waals surface area (Å²) in [4.78, 5) is 15.3. The molecule has 1 fully saturated rings. The number of ether oxygens (including phenoxy) is 1. The number of imidazole rings is 1. The van der Waals surface area contributed by atoms with E-state index in [1.54, 1.807) is 24.7 Å². The number of hydrogen-bond acceptors (Lipinski definition) is 5. The zero-order valence-corrected chi connectivity index (χ0v) is 20.1. The normalized spacial score (nSPS) is 16.3. The highest BCUT2D eigenvalue weighted by molar-refractivity contribution is 5.83. The monoisotopic (exact) mass is 467 g/mol. The van der Waals surface area contributed by atoms with Crippen LogP contribution < -0.4 is 4.74 Å². The van der Waals surface area contributed by atoms with Gasteiger partial charge in [0.2, 0.25) is 5.88 Å². The van der Waals surface area contributed by atoms with Gasteiger partial charge in [-0.1, -0.05) is 36.4 Å². The molecule has 0 saturated carbocycles. The Labute approximate surface area is 205 Å². The van der Waals surface area contributed by atoms with Gasteiger partial charge in [-0.2, -0.15) is 0 Å². The molecular formula is C28H29N5O2. The van der Waals surface area contributed by atoms with E-state index >= 15 is 0 Å². The van der Waals surface area contributed by atoms with Crippen molar-refractivity contribution in [3.63, 3.8) is 0 Å². The summed E-state index contributed by atoms with van der Waals surface area (Å²) >= 11 is 0. The summed E-state index contributed by atoms with van der Waals surface area (Å²) < 4.78 is 8.35. The van der Waals surface area contributed by atoms with Crippen molar-refractivity contribution in [3.05, 3.63) is 77.5 Å². The molecule has 1 N–H and O–H groups in total. The molecule has 0 amide bonds. The number of rotatable bonds is 6. The molecule has 1 aliphatic heterocycles. The van der Waals surface area contributed by atoms with E-state index in [4.69, 9.17) is 16.3 Å². The molecule has 2 aromatic carbocycles. The number of benzene rings is 2. The van der Waals surface area contributed by atoms with E-state index in [0.29, 0.717) is 24.1 Å². The molecule has 0 aliphatic carbocycles. The molecule has 0 radical (unpaired) electrons. The fraction of sp³-hybridized carbons (Fsp3) is 0.321. The number of aliphatic hydroxyl groups excluding tert-OH is 1. The van der Waals surface area contributed by atoms with Crippen LogP contribution in [0, 0.1) is 19.4 Å². The van der Waals surface area contributed by atoms with Gasteiger partial charge >= 0.3 is 0 Å². The van der Waals surface area contributed by atoms with Crippen molar-refractivity contribution < 1.29 is 9.84 Å². The molecule has 1 aliphatic rings. The van der Waals surface area contributed by atoms with Gasteiger partial charge in [-0.05, 0) is 56.1 Å². The summed E-state index contributed by atoms with van der Waals surface area (Å²) in [5, 5.41) is 9.88. The Morgan fingerprint density at radius 1 is 1.17 bits per heavy atom. The summed E-state index contributed by atoms with van der Waals surface area (Å²) in [6, 6.07) is 13.5. The van der Waals surface area contributed by atoms with Crippen molar-refractivity contribution in [2.24, 2.45) is 5.92 Å². The highest BCUT2D eigenvalue weighted by atomic mass is 16.5. The first kappa shape index (κ1) is 23.0. The SMILES string of the molecule is [C-]#[N+]c1ccc(-c2nc(OC[C@@H]3CCCN(C)C3)c3cncn3c2-c2ccc(C)c(CO)c2)cc1. The average Bonchev–Trinajstić information content (AvgIpc) is 3.37. The first-order chi connectivity index (χ1) is 17.1. The fourth-order valence-electron chi connectivity index (χ4n) is 4.83.